The Hall–Kier alpha value is -2.68. The van der Waals surface area contributed by atoms with E-state index in [0.717, 1.165) is 31.1 Å². The lowest BCUT2D eigenvalue weighted by molar-refractivity contribution is 0.111. The first-order chi connectivity index (χ1) is 14.7. The first-order valence-electron chi connectivity index (χ1n) is 9.63. The molecule has 30 heavy (non-hydrogen) atoms. The summed E-state index contributed by atoms with van der Waals surface area (Å²) in [5, 5.41) is 3.69. The number of carbonyl (C=O) groups is 1. The minimum atomic E-state index is -0.331. The molecule has 7 nitrogen and oxygen atoms in total. The van der Waals surface area contributed by atoms with Crippen molar-refractivity contribution >= 4 is 29.0 Å². The molecule has 0 atom stereocenters. The Kier molecular flexibility index (Phi) is 6.78. The van der Waals surface area contributed by atoms with E-state index in [1.807, 2.05) is 11.6 Å². The Bertz CT molecular complexity index is 943. The van der Waals surface area contributed by atoms with Gasteiger partial charge in [-0.05, 0) is 30.3 Å². The van der Waals surface area contributed by atoms with Crippen LogP contribution in [0.15, 0.2) is 54.2 Å². The molecule has 0 saturated carbocycles. The first kappa shape index (κ1) is 20.6. The van der Waals surface area contributed by atoms with Gasteiger partial charge in [0.05, 0.1) is 10.0 Å². The number of amides is 1. The standard InChI is InChI=1S/C21H21ClN4O3S/c22-16-1-6-19(24-15-16)28-17-2-4-18(5-3-17)29-21(27)26-12-10-25(11-13-26)9-7-20-23-8-14-30-20/h1-6,8,14-15H,7,9-13H2. The third kappa shape index (κ3) is 5.69. The van der Waals surface area contributed by atoms with Crippen molar-refractivity contribution in [2.45, 2.75) is 6.42 Å². The number of aromatic nitrogens is 2. The zero-order chi connectivity index (χ0) is 20.8. The molecule has 0 radical (unpaired) electrons. The van der Waals surface area contributed by atoms with E-state index in [4.69, 9.17) is 21.1 Å². The van der Waals surface area contributed by atoms with Gasteiger partial charge in [0, 0.05) is 63.0 Å². The predicted molar refractivity (Wildman–Crippen MR) is 116 cm³/mol. The summed E-state index contributed by atoms with van der Waals surface area (Å²) in [6.45, 7) is 3.93. The van der Waals surface area contributed by atoms with Gasteiger partial charge in [-0.15, -0.1) is 11.3 Å². The molecule has 0 unspecified atom stereocenters. The van der Waals surface area contributed by atoms with Crippen molar-refractivity contribution in [3.8, 4) is 17.4 Å². The summed E-state index contributed by atoms with van der Waals surface area (Å²) in [7, 11) is 0. The summed E-state index contributed by atoms with van der Waals surface area (Å²) in [5.41, 5.74) is 0. The van der Waals surface area contributed by atoms with Crippen molar-refractivity contribution in [3.05, 3.63) is 64.2 Å². The van der Waals surface area contributed by atoms with E-state index in [-0.39, 0.29) is 6.09 Å². The van der Waals surface area contributed by atoms with Gasteiger partial charge in [0.1, 0.15) is 11.5 Å². The second-order valence-electron chi connectivity index (χ2n) is 6.76. The van der Waals surface area contributed by atoms with E-state index >= 15 is 0 Å². The maximum Gasteiger partial charge on any atom is 0.415 e. The number of hydrogen-bond donors (Lipinski definition) is 0. The molecular weight excluding hydrogens is 424 g/mol. The largest absolute Gasteiger partial charge is 0.439 e. The molecule has 1 aromatic carbocycles. The fourth-order valence-electron chi connectivity index (χ4n) is 3.07. The molecule has 156 valence electrons. The van der Waals surface area contributed by atoms with Gasteiger partial charge in [0.25, 0.3) is 0 Å². The van der Waals surface area contributed by atoms with Crippen LogP contribution in [0.25, 0.3) is 0 Å². The van der Waals surface area contributed by atoms with Crippen molar-refractivity contribution in [1.29, 1.82) is 0 Å². The quantitative estimate of drug-likeness (QED) is 0.563. The van der Waals surface area contributed by atoms with Crippen LogP contribution in [-0.4, -0.2) is 58.6 Å². The summed E-state index contributed by atoms with van der Waals surface area (Å²) >= 11 is 7.50. The highest BCUT2D eigenvalue weighted by molar-refractivity contribution is 7.09. The van der Waals surface area contributed by atoms with Crippen LogP contribution < -0.4 is 9.47 Å². The van der Waals surface area contributed by atoms with Gasteiger partial charge in [-0.2, -0.15) is 0 Å². The smallest absolute Gasteiger partial charge is 0.415 e. The van der Waals surface area contributed by atoms with Gasteiger partial charge in [0.15, 0.2) is 0 Å². The summed E-state index contributed by atoms with van der Waals surface area (Å²) in [6, 6.07) is 10.3. The van der Waals surface area contributed by atoms with Crippen LogP contribution in [0.1, 0.15) is 5.01 Å². The summed E-state index contributed by atoms with van der Waals surface area (Å²) in [6.07, 6.45) is 3.97. The highest BCUT2D eigenvalue weighted by atomic mass is 35.5. The van der Waals surface area contributed by atoms with Gasteiger partial charge < -0.3 is 14.4 Å². The van der Waals surface area contributed by atoms with Crippen LogP contribution in [0, 0.1) is 0 Å². The van der Waals surface area contributed by atoms with Gasteiger partial charge in [-0.1, -0.05) is 11.6 Å². The molecule has 1 aliphatic heterocycles. The molecule has 1 saturated heterocycles. The van der Waals surface area contributed by atoms with Gasteiger partial charge in [-0.3, -0.25) is 4.90 Å². The average Bonchev–Trinajstić information content (AvgIpc) is 3.29. The number of ether oxygens (including phenoxy) is 2. The molecule has 0 aliphatic carbocycles. The molecule has 1 fully saturated rings. The van der Waals surface area contributed by atoms with E-state index in [1.165, 1.54) is 6.20 Å². The average molecular weight is 445 g/mol. The van der Waals surface area contributed by atoms with Gasteiger partial charge in [-0.25, -0.2) is 14.8 Å². The monoisotopic (exact) mass is 444 g/mol. The van der Waals surface area contributed by atoms with E-state index in [0.29, 0.717) is 35.5 Å². The number of nitrogens with zero attached hydrogens (tertiary/aromatic N) is 4. The lowest BCUT2D eigenvalue weighted by Crippen LogP contribution is -2.49. The highest BCUT2D eigenvalue weighted by Crippen LogP contribution is 2.23. The minimum absolute atomic E-state index is 0.331. The predicted octanol–water partition coefficient (Wildman–Crippen LogP) is 4.34. The third-order valence-electron chi connectivity index (χ3n) is 4.71. The Labute approximate surface area is 183 Å². The van der Waals surface area contributed by atoms with Crippen molar-refractivity contribution in [2.24, 2.45) is 0 Å². The first-order valence-corrected chi connectivity index (χ1v) is 10.9. The molecule has 9 heteroatoms. The SMILES string of the molecule is O=C(Oc1ccc(Oc2ccc(Cl)cn2)cc1)N1CCN(CCc2nccs2)CC1. The van der Waals surface area contributed by atoms with Crippen LogP contribution in [0.2, 0.25) is 5.02 Å². The number of benzene rings is 1. The molecule has 3 aromatic rings. The number of thiazole rings is 1. The van der Waals surface area contributed by atoms with Gasteiger partial charge >= 0.3 is 6.09 Å². The van der Waals surface area contributed by atoms with E-state index in [9.17, 15) is 4.79 Å². The summed E-state index contributed by atoms with van der Waals surface area (Å²) in [5.74, 6) is 1.51. The van der Waals surface area contributed by atoms with E-state index in [2.05, 4.69) is 14.9 Å². The Morgan fingerprint density at radius 3 is 2.47 bits per heavy atom. The second kappa shape index (κ2) is 9.88. The second-order valence-corrected chi connectivity index (χ2v) is 8.18. The number of piperazine rings is 1. The van der Waals surface area contributed by atoms with Crippen molar-refractivity contribution in [1.82, 2.24) is 19.8 Å². The molecule has 0 spiro atoms. The molecule has 1 amide bonds. The lowest BCUT2D eigenvalue weighted by Gasteiger charge is -2.33. The Balaban J connectivity index is 1.22. The zero-order valence-electron chi connectivity index (χ0n) is 16.2. The maximum absolute atomic E-state index is 12.4. The fraction of sp³-hybridized carbons (Fsp3) is 0.286. The summed E-state index contributed by atoms with van der Waals surface area (Å²) in [4.78, 5) is 24.9. The fourth-order valence-corrected chi connectivity index (χ4v) is 3.79. The molecule has 0 bridgehead atoms. The molecule has 2 aromatic heterocycles. The topological polar surface area (TPSA) is 67.8 Å². The molecule has 1 aliphatic rings. The third-order valence-corrected chi connectivity index (χ3v) is 5.77. The van der Waals surface area contributed by atoms with Crippen LogP contribution in [-0.2, 0) is 6.42 Å². The maximum atomic E-state index is 12.4. The van der Waals surface area contributed by atoms with Crippen LogP contribution >= 0.6 is 22.9 Å². The van der Waals surface area contributed by atoms with E-state index < -0.39 is 0 Å². The van der Waals surface area contributed by atoms with Crippen LogP contribution in [0.5, 0.6) is 17.4 Å². The molecule has 3 heterocycles. The number of carbonyl (C=O) groups excluding carboxylic acids is 1. The highest BCUT2D eigenvalue weighted by Gasteiger charge is 2.22. The van der Waals surface area contributed by atoms with Crippen molar-refractivity contribution < 1.29 is 14.3 Å². The molecular formula is C21H21ClN4O3S. The number of hydrogen-bond acceptors (Lipinski definition) is 7. The van der Waals surface area contributed by atoms with Crippen LogP contribution in [0.3, 0.4) is 0 Å². The number of rotatable bonds is 6. The lowest BCUT2D eigenvalue weighted by atomic mass is 10.3. The minimum Gasteiger partial charge on any atom is -0.439 e. The van der Waals surface area contributed by atoms with E-state index in [1.54, 1.807) is 52.6 Å². The zero-order valence-corrected chi connectivity index (χ0v) is 17.8. The van der Waals surface area contributed by atoms with Crippen LogP contribution in [0.4, 0.5) is 4.79 Å². The Morgan fingerprint density at radius 1 is 1.03 bits per heavy atom. The van der Waals surface area contributed by atoms with Crippen molar-refractivity contribution in [2.75, 3.05) is 32.7 Å². The normalized spacial score (nSPS) is 14.5. The molecule has 0 N–H and O–H groups in total. The number of halogens is 1. The number of pyridine rings is 1. The molecule has 4 rings (SSSR count). The van der Waals surface area contributed by atoms with Crippen molar-refractivity contribution in [3.63, 3.8) is 0 Å². The van der Waals surface area contributed by atoms with Gasteiger partial charge in [0.2, 0.25) is 5.88 Å². The Morgan fingerprint density at radius 2 is 1.80 bits per heavy atom. The summed E-state index contributed by atoms with van der Waals surface area (Å²) < 4.78 is 11.1.